The summed E-state index contributed by atoms with van der Waals surface area (Å²) >= 11 is -4.75. The number of hydrogen-bond donors (Lipinski definition) is 8. The molecule has 0 bridgehead atoms. The lowest BCUT2D eigenvalue weighted by Gasteiger charge is -2.16. The Balaban J connectivity index is 0.000000210. The van der Waals surface area contributed by atoms with Crippen molar-refractivity contribution in [3.05, 3.63) is 189 Å². The Labute approximate surface area is 476 Å². The van der Waals surface area contributed by atoms with Gasteiger partial charge in [-0.15, -0.1) is 0 Å². The lowest BCUT2D eigenvalue weighted by molar-refractivity contribution is -0.0833. The minimum Gasteiger partial charge on any atom is -0.768 e. The van der Waals surface area contributed by atoms with Crippen molar-refractivity contribution in [3.63, 3.8) is 0 Å². The molecule has 8 rings (SSSR count). The van der Waals surface area contributed by atoms with Crippen molar-refractivity contribution in [2.75, 3.05) is 52.6 Å². The monoisotopic (exact) mass is 1170 g/mol. The normalized spacial score (nSPS) is 13.2. The van der Waals surface area contributed by atoms with Gasteiger partial charge in [0, 0.05) is 70.1 Å². The Kier molecular flexibility index (Phi) is 25.3. The molecule has 2 heterocycles. The highest BCUT2D eigenvalue weighted by Gasteiger charge is 2.32. The quantitative estimate of drug-likeness (QED) is 0.0129. The summed E-state index contributed by atoms with van der Waals surface area (Å²) in [5, 5.41) is 49.3. The lowest BCUT2D eigenvalue weighted by atomic mass is 10.0. The molecule has 0 aliphatic carbocycles. The molecule has 0 spiro atoms. The van der Waals surface area contributed by atoms with Gasteiger partial charge >= 0.3 is 0 Å². The standard InChI is InChI=1S/2C25H30F2N2O4.C10H8O4S2/c2*26-25(27,18-8-4-3-5-9-18)17-33-15-7-2-1-6-14-28-16-22(31)19-10-12-21(30)24-20(19)11-13-23(32)29-24;11-15(12)9-5-1-3-7-8(9)4-2-6-10(7)16(13)14/h2*3-5,8-13,22,28,30-31H,1-2,6-7,14-17H2,(H,29,32);1-6H,(H,11,12)(H,13,14)/p-2. The van der Waals surface area contributed by atoms with Crippen LogP contribution in [0, 0.1) is 0 Å². The summed E-state index contributed by atoms with van der Waals surface area (Å²) < 4.78 is 110. The van der Waals surface area contributed by atoms with Crippen molar-refractivity contribution in [2.24, 2.45) is 0 Å². The molecule has 6 aromatic carbocycles. The molecule has 16 nitrogen and oxygen atoms in total. The Morgan fingerprint density at radius 3 is 1.23 bits per heavy atom. The molecule has 0 amide bonds. The summed E-state index contributed by atoms with van der Waals surface area (Å²) in [5.41, 5.74) is 1.15. The van der Waals surface area contributed by atoms with Crippen LogP contribution in [0.15, 0.2) is 165 Å². The highest BCUT2D eigenvalue weighted by molar-refractivity contribution is 7.79. The molecule has 2 aromatic heterocycles. The highest BCUT2D eigenvalue weighted by Crippen LogP contribution is 2.32. The number of unbranched alkanes of at least 4 members (excludes halogenated alkanes) is 6. The summed E-state index contributed by atoms with van der Waals surface area (Å²) in [5.74, 6) is -6.05. The Morgan fingerprint density at radius 1 is 0.476 bits per heavy atom. The van der Waals surface area contributed by atoms with Crippen molar-refractivity contribution < 1.29 is 65.0 Å². The van der Waals surface area contributed by atoms with E-state index in [1.165, 1.54) is 72.8 Å². The number of hydrogen-bond acceptors (Lipinski definition) is 14. The predicted molar refractivity (Wildman–Crippen MR) is 306 cm³/mol. The molecule has 0 saturated heterocycles. The van der Waals surface area contributed by atoms with Crippen LogP contribution in [0.3, 0.4) is 0 Å². The summed E-state index contributed by atoms with van der Waals surface area (Å²) in [6, 6.07) is 36.5. The number of aromatic amines is 2. The third-order valence-corrected chi connectivity index (χ3v) is 14.6. The average molecular weight is 1180 g/mol. The second kappa shape index (κ2) is 32.2. The fourth-order valence-corrected chi connectivity index (χ4v) is 9.98. The molecule has 0 aliphatic heterocycles. The topological polar surface area (TPSA) is 269 Å². The van der Waals surface area contributed by atoms with E-state index in [0.717, 1.165) is 38.5 Å². The molecule has 22 heteroatoms. The van der Waals surface area contributed by atoms with E-state index in [2.05, 4.69) is 20.6 Å². The van der Waals surface area contributed by atoms with Gasteiger partial charge in [-0.3, -0.25) is 18.0 Å². The molecule has 82 heavy (non-hydrogen) atoms. The van der Waals surface area contributed by atoms with Gasteiger partial charge in [0.1, 0.15) is 24.7 Å². The van der Waals surface area contributed by atoms with E-state index >= 15 is 0 Å². The molecule has 4 unspecified atom stereocenters. The number of pyridine rings is 2. The first kappa shape index (κ1) is 64.5. The minimum absolute atomic E-state index is 0.0353. The number of phenolic OH excluding ortho intramolecular Hbond substituents is 2. The van der Waals surface area contributed by atoms with Gasteiger partial charge in [0.05, 0.1) is 23.2 Å². The molecular weight excluding hydrogens is 1110 g/mol. The van der Waals surface area contributed by atoms with Gasteiger partial charge in [-0.05, 0) is 119 Å². The van der Waals surface area contributed by atoms with Crippen LogP contribution in [0.2, 0.25) is 0 Å². The first-order chi connectivity index (χ1) is 39.4. The van der Waals surface area contributed by atoms with Crippen LogP contribution >= 0.6 is 0 Å². The lowest BCUT2D eigenvalue weighted by Crippen LogP contribution is -2.23. The number of halogens is 4. The van der Waals surface area contributed by atoms with E-state index in [1.54, 1.807) is 72.8 Å². The van der Waals surface area contributed by atoms with Crippen molar-refractivity contribution in [3.8, 4) is 11.5 Å². The van der Waals surface area contributed by atoms with E-state index < -0.39 is 59.4 Å². The third-order valence-electron chi connectivity index (χ3n) is 13.2. The first-order valence-electron chi connectivity index (χ1n) is 26.6. The van der Waals surface area contributed by atoms with E-state index in [1.807, 2.05) is 0 Å². The van der Waals surface area contributed by atoms with Crippen LogP contribution in [0.1, 0.15) is 85.8 Å². The van der Waals surface area contributed by atoms with Crippen LogP contribution in [0.25, 0.3) is 32.6 Å². The number of aromatic hydroxyl groups is 2. The molecule has 0 radical (unpaired) electrons. The number of benzene rings is 6. The molecule has 8 aromatic rings. The van der Waals surface area contributed by atoms with E-state index in [9.17, 15) is 65.1 Å². The number of rotatable bonds is 28. The number of H-pyrrole nitrogens is 2. The fraction of sp³-hybridized carbons (Fsp3) is 0.333. The van der Waals surface area contributed by atoms with Crippen molar-refractivity contribution >= 4 is 54.7 Å². The van der Waals surface area contributed by atoms with Crippen LogP contribution in [-0.2, 0) is 43.5 Å². The van der Waals surface area contributed by atoms with Crippen molar-refractivity contribution in [2.45, 2.75) is 85.2 Å². The van der Waals surface area contributed by atoms with Crippen LogP contribution in [-0.4, -0.2) is 101 Å². The number of phenols is 2. The summed E-state index contributed by atoms with van der Waals surface area (Å²) in [6.45, 7) is 1.43. The molecular formula is C60H66F4N4O12S2-2. The zero-order valence-corrected chi connectivity index (χ0v) is 46.3. The van der Waals surface area contributed by atoms with Gasteiger partial charge < -0.3 is 59.6 Å². The van der Waals surface area contributed by atoms with Gasteiger partial charge in [0.25, 0.3) is 11.8 Å². The smallest absolute Gasteiger partial charge is 0.296 e. The number of fused-ring (bicyclic) bond motifs is 3. The molecule has 0 saturated carbocycles. The predicted octanol–water partition coefficient (Wildman–Crippen LogP) is 9.77. The molecule has 0 aliphatic rings. The Morgan fingerprint density at radius 2 is 0.854 bits per heavy atom. The molecule has 440 valence electrons. The molecule has 8 N–H and O–H groups in total. The fourth-order valence-electron chi connectivity index (χ4n) is 8.89. The third kappa shape index (κ3) is 19.2. The number of aromatic nitrogens is 2. The van der Waals surface area contributed by atoms with Gasteiger partial charge in [-0.2, -0.15) is 17.6 Å². The second-order valence-electron chi connectivity index (χ2n) is 19.2. The van der Waals surface area contributed by atoms with E-state index in [-0.39, 0.29) is 43.5 Å². The van der Waals surface area contributed by atoms with Crippen LogP contribution in [0.4, 0.5) is 17.6 Å². The van der Waals surface area contributed by atoms with E-state index in [0.29, 0.717) is 95.9 Å². The minimum atomic E-state index is -2.98. The maximum Gasteiger partial charge on any atom is 0.296 e. The maximum atomic E-state index is 14.0. The van der Waals surface area contributed by atoms with Gasteiger partial charge in [-0.25, -0.2) is 0 Å². The Hall–Kier alpha value is -6.70. The summed E-state index contributed by atoms with van der Waals surface area (Å²) in [6.07, 6.45) is 5.20. The zero-order chi connectivity index (χ0) is 59.1. The highest BCUT2D eigenvalue weighted by atomic mass is 32.2. The number of aliphatic hydroxyl groups is 2. The van der Waals surface area contributed by atoms with Gasteiger partial charge in [0.15, 0.2) is 0 Å². The second-order valence-corrected chi connectivity index (χ2v) is 21.0. The molecule has 4 atom stereocenters. The van der Waals surface area contributed by atoms with Crippen molar-refractivity contribution in [1.29, 1.82) is 0 Å². The van der Waals surface area contributed by atoms with E-state index in [4.69, 9.17) is 9.47 Å². The first-order valence-corrected chi connectivity index (χ1v) is 28.7. The largest absolute Gasteiger partial charge is 0.768 e. The van der Waals surface area contributed by atoms with Gasteiger partial charge in [-0.1, -0.05) is 123 Å². The SMILES string of the molecule is O=S([O-])c1cccc2c(S(=O)[O-])cccc12.O=c1ccc2c(C(O)CNCCCCCCOCC(F)(F)c3ccccc3)ccc(O)c2[nH]1.O=c1ccc2c(C(O)CNCCCCCCOCC(F)(F)c3ccccc3)ccc(O)c2[nH]1. The van der Waals surface area contributed by atoms with Gasteiger partial charge in [0.2, 0.25) is 11.1 Å². The molecule has 0 fully saturated rings. The summed E-state index contributed by atoms with van der Waals surface area (Å²) in [4.78, 5) is 28.4. The zero-order valence-electron chi connectivity index (χ0n) is 44.7. The number of nitrogens with one attached hydrogen (secondary N) is 4. The van der Waals surface area contributed by atoms with Crippen molar-refractivity contribution in [1.82, 2.24) is 20.6 Å². The number of aliphatic hydroxyl groups excluding tert-OH is 2. The number of alkyl halides is 4. The van der Waals surface area contributed by atoms with Crippen LogP contribution in [0.5, 0.6) is 11.5 Å². The average Bonchev–Trinajstić information content (AvgIpc) is 3.60. The number of ether oxygens (including phenoxy) is 2. The summed E-state index contributed by atoms with van der Waals surface area (Å²) in [7, 11) is 0. The Bertz CT molecular complexity index is 3230. The van der Waals surface area contributed by atoms with Crippen LogP contribution < -0.4 is 21.8 Å². The maximum absolute atomic E-state index is 14.0.